The number of amides is 1. The number of nitrogens with one attached hydrogen (secondary N) is 1. The van der Waals surface area contributed by atoms with Gasteiger partial charge in [0, 0.05) is 18.8 Å². The molecule has 0 radical (unpaired) electrons. The van der Waals surface area contributed by atoms with Crippen LogP contribution in [0, 0.1) is 0 Å². The third-order valence-electron chi connectivity index (χ3n) is 3.23. The van der Waals surface area contributed by atoms with Gasteiger partial charge in [-0.15, -0.1) is 11.3 Å². The first-order valence-corrected chi connectivity index (χ1v) is 9.10. The molecule has 1 aromatic heterocycles. The first-order chi connectivity index (χ1) is 10.3. The van der Waals surface area contributed by atoms with Gasteiger partial charge in [0.05, 0.1) is 11.4 Å². The van der Waals surface area contributed by atoms with Crippen molar-refractivity contribution in [3.05, 3.63) is 41.3 Å². The minimum absolute atomic E-state index is 0.170. The largest absolute Gasteiger partial charge is 0.314 e. The molecule has 0 aliphatic carbocycles. The molecule has 0 aliphatic rings. The van der Waals surface area contributed by atoms with Crippen LogP contribution in [0.25, 0.3) is 0 Å². The van der Waals surface area contributed by atoms with Crippen molar-refractivity contribution in [2.45, 2.75) is 24.5 Å². The second-order valence-corrected chi connectivity index (χ2v) is 7.85. The second-order valence-electron chi connectivity index (χ2n) is 4.77. The Kier molecular flexibility index (Phi) is 4.87. The molecule has 22 heavy (non-hydrogen) atoms. The molecule has 1 amide bonds. The zero-order valence-electron chi connectivity index (χ0n) is 12.7. The van der Waals surface area contributed by atoms with Crippen LogP contribution < -0.4 is 9.62 Å². The molecule has 2 aromatic rings. The summed E-state index contributed by atoms with van der Waals surface area (Å²) in [4.78, 5) is 13.9. The predicted molar refractivity (Wildman–Crippen MR) is 90.0 cm³/mol. The molecule has 1 aromatic carbocycles. The van der Waals surface area contributed by atoms with Gasteiger partial charge in [-0.05, 0) is 30.7 Å². The zero-order chi connectivity index (χ0) is 16.3. The van der Waals surface area contributed by atoms with Gasteiger partial charge in [0.25, 0.3) is 10.0 Å². The molecule has 1 heterocycles. The van der Waals surface area contributed by atoms with E-state index in [1.54, 1.807) is 37.4 Å². The summed E-state index contributed by atoms with van der Waals surface area (Å²) < 4.78 is 27.8. The number of anilines is 2. The van der Waals surface area contributed by atoms with E-state index in [0.717, 1.165) is 11.3 Å². The zero-order valence-corrected chi connectivity index (χ0v) is 14.3. The third kappa shape index (κ3) is 3.48. The van der Waals surface area contributed by atoms with Gasteiger partial charge in [-0.1, -0.05) is 19.1 Å². The summed E-state index contributed by atoms with van der Waals surface area (Å²) in [6.45, 7) is 3.41. The van der Waals surface area contributed by atoms with Crippen LogP contribution in [0.4, 0.5) is 11.4 Å². The smallest absolute Gasteiger partial charge is 0.271 e. The highest BCUT2D eigenvalue weighted by atomic mass is 32.2. The lowest BCUT2D eigenvalue weighted by Gasteiger charge is -2.19. The maximum atomic E-state index is 12.5. The Morgan fingerprint density at radius 2 is 1.91 bits per heavy atom. The molecule has 0 aliphatic heterocycles. The Morgan fingerprint density at radius 3 is 2.50 bits per heavy atom. The minimum atomic E-state index is -3.65. The van der Waals surface area contributed by atoms with Crippen molar-refractivity contribution in [2.75, 3.05) is 16.7 Å². The van der Waals surface area contributed by atoms with Crippen molar-refractivity contribution in [1.82, 2.24) is 0 Å². The molecule has 0 saturated heterocycles. The Labute approximate surface area is 134 Å². The van der Waals surface area contributed by atoms with E-state index >= 15 is 0 Å². The molecule has 0 bridgehead atoms. The molecular formula is C15H18N2O3S2. The van der Waals surface area contributed by atoms with E-state index in [1.807, 2.05) is 13.0 Å². The fourth-order valence-electron chi connectivity index (χ4n) is 1.91. The van der Waals surface area contributed by atoms with E-state index in [0.29, 0.717) is 11.4 Å². The van der Waals surface area contributed by atoms with Crippen molar-refractivity contribution in [3.63, 3.8) is 0 Å². The van der Waals surface area contributed by atoms with Crippen LogP contribution in [0.15, 0.2) is 40.6 Å². The average molecular weight is 338 g/mol. The summed E-state index contributed by atoms with van der Waals surface area (Å²) in [5, 5.41) is 0. The molecule has 5 nitrogen and oxygen atoms in total. The van der Waals surface area contributed by atoms with Crippen LogP contribution in [-0.4, -0.2) is 21.4 Å². The van der Waals surface area contributed by atoms with E-state index in [1.165, 1.54) is 23.2 Å². The number of hydrogen-bond donors (Lipinski definition) is 1. The summed E-state index contributed by atoms with van der Waals surface area (Å²) in [6.07, 6.45) is 0.795. The number of nitrogens with zero attached hydrogens (tertiary/aromatic N) is 1. The highest BCUT2D eigenvalue weighted by Crippen LogP contribution is 2.29. The molecule has 0 atom stereocenters. The molecule has 7 heteroatoms. The van der Waals surface area contributed by atoms with Crippen LogP contribution in [-0.2, 0) is 21.2 Å². The quantitative estimate of drug-likeness (QED) is 0.911. The molecule has 0 unspecified atom stereocenters. The van der Waals surface area contributed by atoms with Gasteiger partial charge in [-0.25, -0.2) is 8.42 Å². The third-order valence-corrected chi connectivity index (χ3v) is 6.32. The first-order valence-electron chi connectivity index (χ1n) is 6.80. The van der Waals surface area contributed by atoms with Crippen LogP contribution in [0.3, 0.4) is 0 Å². The summed E-state index contributed by atoms with van der Waals surface area (Å²) in [7, 11) is -2.05. The molecule has 0 saturated carbocycles. The highest BCUT2D eigenvalue weighted by molar-refractivity contribution is 7.94. The maximum absolute atomic E-state index is 12.5. The van der Waals surface area contributed by atoms with Crippen LogP contribution in [0.5, 0.6) is 0 Å². The summed E-state index contributed by atoms with van der Waals surface area (Å²) >= 11 is 1.25. The van der Waals surface area contributed by atoms with Crippen LogP contribution in [0.1, 0.15) is 18.7 Å². The van der Waals surface area contributed by atoms with Crippen molar-refractivity contribution in [3.8, 4) is 0 Å². The number of para-hydroxylation sites is 2. The first kappa shape index (κ1) is 16.5. The van der Waals surface area contributed by atoms with Crippen molar-refractivity contribution < 1.29 is 13.2 Å². The number of aryl methyl sites for hydroxylation is 1. The van der Waals surface area contributed by atoms with E-state index in [2.05, 4.69) is 4.72 Å². The van der Waals surface area contributed by atoms with Gasteiger partial charge in [-0.2, -0.15) is 0 Å². The molecule has 0 spiro atoms. The second kappa shape index (κ2) is 6.50. The normalized spacial score (nSPS) is 11.2. The number of hydrogen-bond acceptors (Lipinski definition) is 4. The lowest BCUT2D eigenvalue weighted by Crippen LogP contribution is -2.24. The van der Waals surface area contributed by atoms with E-state index in [4.69, 9.17) is 0 Å². The van der Waals surface area contributed by atoms with E-state index in [9.17, 15) is 13.2 Å². The summed E-state index contributed by atoms with van der Waals surface area (Å²) in [5.41, 5.74) is 0.900. The lowest BCUT2D eigenvalue weighted by atomic mass is 10.2. The monoisotopic (exact) mass is 338 g/mol. The number of carbonyl (C=O) groups is 1. The number of rotatable bonds is 5. The van der Waals surface area contributed by atoms with Gasteiger partial charge >= 0.3 is 0 Å². The van der Waals surface area contributed by atoms with Crippen molar-refractivity contribution in [1.29, 1.82) is 0 Å². The molecule has 118 valence electrons. The SMILES string of the molecule is CCc1ccc(S(=O)(=O)Nc2ccccc2N(C)C(C)=O)s1. The maximum Gasteiger partial charge on any atom is 0.271 e. The number of benzene rings is 1. The molecular weight excluding hydrogens is 320 g/mol. The van der Waals surface area contributed by atoms with Gasteiger partial charge in [0.2, 0.25) is 5.91 Å². The number of thiophene rings is 1. The Morgan fingerprint density at radius 1 is 1.23 bits per heavy atom. The van der Waals surface area contributed by atoms with Gasteiger partial charge in [-0.3, -0.25) is 9.52 Å². The fourth-order valence-corrected chi connectivity index (χ4v) is 4.28. The Hall–Kier alpha value is -1.86. The van der Waals surface area contributed by atoms with Crippen molar-refractivity contribution in [2.24, 2.45) is 0 Å². The fraction of sp³-hybridized carbons (Fsp3) is 0.267. The topological polar surface area (TPSA) is 66.5 Å². The highest BCUT2D eigenvalue weighted by Gasteiger charge is 2.19. The van der Waals surface area contributed by atoms with Crippen molar-refractivity contribution >= 4 is 38.6 Å². The van der Waals surface area contributed by atoms with Crippen LogP contribution in [0.2, 0.25) is 0 Å². The number of sulfonamides is 1. The van der Waals surface area contributed by atoms with Gasteiger partial charge in [0.15, 0.2) is 0 Å². The Bertz CT molecular complexity index is 782. The van der Waals surface area contributed by atoms with E-state index in [-0.39, 0.29) is 10.1 Å². The number of carbonyl (C=O) groups excluding carboxylic acids is 1. The molecule has 2 rings (SSSR count). The van der Waals surface area contributed by atoms with Gasteiger partial charge in [0.1, 0.15) is 4.21 Å². The van der Waals surface area contributed by atoms with E-state index < -0.39 is 10.0 Å². The van der Waals surface area contributed by atoms with Gasteiger partial charge < -0.3 is 4.90 Å². The van der Waals surface area contributed by atoms with Crippen LogP contribution >= 0.6 is 11.3 Å². The predicted octanol–water partition coefficient (Wildman–Crippen LogP) is 3.09. The average Bonchev–Trinajstić information content (AvgIpc) is 2.96. The molecule has 1 N–H and O–H groups in total. The lowest BCUT2D eigenvalue weighted by molar-refractivity contribution is -0.116. The molecule has 0 fully saturated rings. The summed E-state index contributed by atoms with van der Waals surface area (Å²) in [5.74, 6) is -0.170. The standard InChI is InChI=1S/C15H18N2O3S2/c1-4-12-9-10-15(21-12)22(19,20)16-13-7-5-6-8-14(13)17(3)11(2)18/h5-10,16H,4H2,1-3H3. The summed E-state index contributed by atoms with van der Waals surface area (Å²) in [6, 6.07) is 10.2. The minimum Gasteiger partial charge on any atom is -0.314 e. The Balaban J connectivity index is 2.36.